The van der Waals surface area contributed by atoms with Gasteiger partial charge in [-0.1, -0.05) is 41.4 Å². The highest BCUT2D eigenvalue weighted by atomic mass is 35.5. The molecular weight excluding hydrogens is 320 g/mol. The number of aromatic amines is 1. The Kier molecular flexibility index (Phi) is 4.91. The molecule has 0 aliphatic heterocycles. The number of rotatable bonds is 5. The molecule has 3 nitrogen and oxygen atoms in total. The number of H-pyrrole nitrogens is 1. The zero-order valence-electron chi connectivity index (χ0n) is 13.9. The molecule has 1 aromatic heterocycles. The molecule has 0 spiro atoms. The second-order valence-corrected chi connectivity index (χ2v) is 6.62. The van der Waals surface area contributed by atoms with Crippen LogP contribution in [0.4, 0.5) is 0 Å². The lowest BCUT2D eigenvalue weighted by atomic mass is 10.1. The highest BCUT2D eigenvalue weighted by molar-refractivity contribution is 6.31. The summed E-state index contributed by atoms with van der Waals surface area (Å²) in [7, 11) is 0. The molecule has 0 saturated carbocycles. The van der Waals surface area contributed by atoms with Crippen molar-refractivity contribution in [1.82, 2.24) is 10.3 Å². The predicted octanol–water partition coefficient (Wildman–Crippen LogP) is 4.34. The predicted molar refractivity (Wildman–Crippen MR) is 99.6 cm³/mol. The fourth-order valence-electron chi connectivity index (χ4n) is 2.96. The Balaban J connectivity index is 1.60. The van der Waals surface area contributed by atoms with Crippen LogP contribution in [-0.2, 0) is 17.6 Å². The monoisotopic (exact) mass is 340 g/mol. The van der Waals surface area contributed by atoms with Crippen molar-refractivity contribution in [2.24, 2.45) is 0 Å². The molecule has 3 rings (SSSR count). The molecule has 0 saturated heterocycles. The van der Waals surface area contributed by atoms with Gasteiger partial charge >= 0.3 is 0 Å². The molecule has 0 aliphatic carbocycles. The number of fused-ring (bicyclic) bond motifs is 1. The average Bonchev–Trinajstić information content (AvgIpc) is 2.85. The minimum Gasteiger partial charge on any atom is -0.358 e. The van der Waals surface area contributed by atoms with Gasteiger partial charge in [0.2, 0.25) is 5.91 Å². The van der Waals surface area contributed by atoms with Crippen molar-refractivity contribution in [3.05, 3.63) is 69.9 Å². The Labute approximate surface area is 147 Å². The van der Waals surface area contributed by atoms with E-state index in [-0.39, 0.29) is 5.91 Å². The van der Waals surface area contributed by atoms with Crippen LogP contribution in [0.2, 0.25) is 5.02 Å². The maximum Gasteiger partial charge on any atom is 0.224 e. The summed E-state index contributed by atoms with van der Waals surface area (Å²) in [5.74, 6) is 0.0504. The Morgan fingerprint density at radius 2 is 1.88 bits per heavy atom. The fourth-order valence-corrected chi connectivity index (χ4v) is 3.13. The van der Waals surface area contributed by atoms with Crippen LogP contribution in [0, 0.1) is 13.8 Å². The molecule has 2 N–H and O–H groups in total. The number of carbonyl (C=O) groups is 1. The summed E-state index contributed by atoms with van der Waals surface area (Å²) in [6, 6.07) is 13.9. The highest BCUT2D eigenvalue weighted by Gasteiger charge is 2.09. The molecule has 0 fully saturated rings. The van der Waals surface area contributed by atoms with Gasteiger partial charge in [0.15, 0.2) is 0 Å². The maximum atomic E-state index is 12.1. The fraction of sp³-hybridized carbons (Fsp3) is 0.250. The number of hydrogen-bond acceptors (Lipinski definition) is 1. The number of hydrogen-bond donors (Lipinski definition) is 2. The van der Waals surface area contributed by atoms with Gasteiger partial charge in [-0.2, -0.15) is 0 Å². The van der Waals surface area contributed by atoms with E-state index in [0.29, 0.717) is 13.0 Å². The summed E-state index contributed by atoms with van der Waals surface area (Å²) in [4.78, 5) is 15.5. The number of aromatic nitrogens is 1. The molecule has 0 atom stereocenters. The largest absolute Gasteiger partial charge is 0.358 e. The first-order chi connectivity index (χ1) is 11.5. The van der Waals surface area contributed by atoms with Gasteiger partial charge in [-0.25, -0.2) is 0 Å². The van der Waals surface area contributed by atoms with Gasteiger partial charge in [0.05, 0.1) is 6.42 Å². The first kappa shape index (κ1) is 16.6. The van der Waals surface area contributed by atoms with Gasteiger partial charge in [-0.3, -0.25) is 4.79 Å². The van der Waals surface area contributed by atoms with E-state index in [1.165, 1.54) is 11.1 Å². The SMILES string of the molecule is Cc1ccc(CC(=O)NCCc2c(C)[nH]c3ccc(Cl)cc23)cc1. The van der Waals surface area contributed by atoms with E-state index < -0.39 is 0 Å². The van der Waals surface area contributed by atoms with Gasteiger partial charge in [0, 0.05) is 28.2 Å². The molecule has 24 heavy (non-hydrogen) atoms. The van der Waals surface area contributed by atoms with E-state index in [0.717, 1.165) is 33.6 Å². The molecule has 1 heterocycles. The molecule has 4 heteroatoms. The Morgan fingerprint density at radius 3 is 2.62 bits per heavy atom. The Hall–Kier alpha value is -2.26. The summed E-state index contributed by atoms with van der Waals surface area (Å²) in [6.07, 6.45) is 1.20. The molecule has 0 aliphatic rings. The molecule has 124 valence electrons. The molecule has 3 aromatic rings. The number of amides is 1. The van der Waals surface area contributed by atoms with Crippen molar-refractivity contribution in [1.29, 1.82) is 0 Å². The Morgan fingerprint density at radius 1 is 1.12 bits per heavy atom. The topological polar surface area (TPSA) is 44.9 Å². The zero-order chi connectivity index (χ0) is 17.1. The van der Waals surface area contributed by atoms with Crippen LogP contribution < -0.4 is 5.32 Å². The maximum absolute atomic E-state index is 12.1. The van der Waals surface area contributed by atoms with Crippen molar-refractivity contribution in [3.63, 3.8) is 0 Å². The minimum atomic E-state index is 0.0504. The van der Waals surface area contributed by atoms with Crippen LogP contribution in [-0.4, -0.2) is 17.4 Å². The van der Waals surface area contributed by atoms with Crippen LogP contribution in [0.15, 0.2) is 42.5 Å². The highest BCUT2D eigenvalue weighted by Crippen LogP contribution is 2.25. The normalized spacial score (nSPS) is 11.0. The van der Waals surface area contributed by atoms with E-state index >= 15 is 0 Å². The number of nitrogens with one attached hydrogen (secondary N) is 2. The second-order valence-electron chi connectivity index (χ2n) is 6.18. The van der Waals surface area contributed by atoms with Crippen LogP contribution in [0.3, 0.4) is 0 Å². The Bertz CT molecular complexity index is 865. The standard InChI is InChI=1S/C20H21ClN2O/c1-13-3-5-15(6-4-13)11-20(24)22-10-9-17-14(2)23-19-8-7-16(21)12-18(17)19/h3-8,12,23H,9-11H2,1-2H3,(H,22,24). The number of carbonyl (C=O) groups excluding carboxylic acids is 1. The summed E-state index contributed by atoms with van der Waals surface area (Å²) < 4.78 is 0. The van der Waals surface area contributed by atoms with Crippen molar-refractivity contribution in [3.8, 4) is 0 Å². The number of aryl methyl sites for hydroxylation is 2. The number of halogens is 1. The lowest BCUT2D eigenvalue weighted by Gasteiger charge is -2.06. The summed E-state index contributed by atoms with van der Waals surface area (Å²) in [6.45, 7) is 4.71. The van der Waals surface area contributed by atoms with Gasteiger partial charge < -0.3 is 10.3 Å². The zero-order valence-corrected chi connectivity index (χ0v) is 14.7. The third-order valence-corrected chi connectivity index (χ3v) is 4.50. The van der Waals surface area contributed by atoms with Crippen LogP contribution in [0.5, 0.6) is 0 Å². The molecular formula is C20H21ClN2O. The van der Waals surface area contributed by atoms with E-state index in [1.807, 2.05) is 49.4 Å². The van der Waals surface area contributed by atoms with E-state index in [9.17, 15) is 4.79 Å². The smallest absolute Gasteiger partial charge is 0.224 e. The van der Waals surface area contributed by atoms with Crippen molar-refractivity contribution < 1.29 is 4.79 Å². The third kappa shape index (κ3) is 3.80. The minimum absolute atomic E-state index is 0.0504. The molecule has 0 radical (unpaired) electrons. The van der Waals surface area contributed by atoms with Gasteiger partial charge in [-0.15, -0.1) is 0 Å². The third-order valence-electron chi connectivity index (χ3n) is 4.26. The van der Waals surface area contributed by atoms with E-state index in [4.69, 9.17) is 11.6 Å². The summed E-state index contributed by atoms with van der Waals surface area (Å²) in [5, 5.41) is 4.86. The van der Waals surface area contributed by atoms with E-state index in [1.54, 1.807) is 0 Å². The van der Waals surface area contributed by atoms with Gasteiger partial charge in [0.25, 0.3) is 0 Å². The van der Waals surface area contributed by atoms with E-state index in [2.05, 4.69) is 17.2 Å². The summed E-state index contributed by atoms with van der Waals surface area (Å²) >= 11 is 6.10. The lowest BCUT2D eigenvalue weighted by Crippen LogP contribution is -2.27. The van der Waals surface area contributed by atoms with Crippen LogP contribution in [0.25, 0.3) is 10.9 Å². The molecule has 0 bridgehead atoms. The van der Waals surface area contributed by atoms with Gasteiger partial charge in [-0.05, 0) is 49.6 Å². The first-order valence-electron chi connectivity index (χ1n) is 8.12. The molecule has 1 amide bonds. The summed E-state index contributed by atoms with van der Waals surface area (Å²) in [5.41, 5.74) is 5.65. The van der Waals surface area contributed by atoms with Gasteiger partial charge in [0.1, 0.15) is 0 Å². The van der Waals surface area contributed by atoms with Crippen molar-refractivity contribution in [2.45, 2.75) is 26.7 Å². The quantitative estimate of drug-likeness (QED) is 0.713. The van der Waals surface area contributed by atoms with Crippen molar-refractivity contribution >= 4 is 28.4 Å². The lowest BCUT2D eigenvalue weighted by molar-refractivity contribution is -0.120. The first-order valence-corrected chi connectivity index (χ1v) is 8.49. The molecule has 0 unspecified atom stereocenters. The average molecular weight is 341 g/mol. The van der Waals surface area contributed by atoms with Crippen LogP contribution >= 0.6 is 11.6 Å². The second kappa shape index (κ2) is 7.10. The molecule has 2 aromatic carbocycles. The van der Waals surface area contributed by atoms with Crippen LogP contribution in [0.1, 0.15) is 22.4 Å². The number of benzene rings is 2. The van der Waals surface area contributed by atoms with Crippen molar-refractivity contribution in [2.75, 3.05) is 6.54 Å².